The van der Waals surface area contributed by atoms with Gasteiger partial charge in [0.15, 0.2) is 11.3 Å². The second-order valence-electron chi connectivity index (χ2n) is 9.16. The van der Waals surface area contributed by atoms with Crippen molar-refractivity contribution in [3.8, 4) is 28.7 Å². The Morgan fingerprint density at radius 1 is 0.950 bits per heavy atom. The molecule has 9 heteroatoms. The van der Waals surface area contributed by atoms with Crippen molar-refractivity contribution in [2.45, 2.75) is 26.7 Å². The first-order chi connectivity index (χ1) is 19.5. The van der Waals surface area contributed by atoms with Crippen LogP contribution in [0, 0.1) is 18.3 Å². The molecule has 1 aromatic heterocycles. The topological polar surface area (TPSA) is 130 Å². The first-order valence-corrected chi connectivity index (χ1v) is 12.6. The number of carboxylic acid groups (broad SMARTS) is 1. The Labute approximate surface area is 230 Å². The number of aromatic nitrogens is 2. The van der Waals surface area contributed by atoms with Crippen LogP contribution in [0.15, 0.2) is 83.5 Å². The highest BCUT2D eigenvalue weighted by molar-refractivity contribution is 5.86. The maximum Gasteiger partial charge on any atom is 0.317 e. The van der Waals surface area contributed by atoms with Crippen LogP contribution < -0.4 is 14.8 Å². The van der Waals surface area contributed by atoms with E-state index in [-0.39, 0.29) is 26.3 Å². The fourth-order valence-electron chi connectivity index (χ4n) is 4.46. The molecule has 0 saturated heterocycles. The molecular weight excluding hydrogens is 508 g/mol. The number of nitriles is 1. The molecule has 0 radical (unpaired) electrons. The fourth-order valence-corrected chi connectivity index (χ4v) is 4.46. The molecule has 200 valence electrons. The molecule has 0 atom stereocenters. The van der Waals surface area contributed by atoms with Gasteiger partial charge in [-0.15, -0.1) is 0 Å². The van der Waals surface area contributed by atoms with Gasteiger partial charge in [-0.05, 0) is 57.2 Å². The summed E-state index contributed by atoms with van der Waals surface area (Å²) in [6.45, 7) is 2.43. The highest BCUT2D eigenvalue weighted by Crippen LogP contribution is 2.36. The molecule has 4 aromatic carbocycles. The smallest absolute Gasteiger partial charge is 0.317 e. The Hall–Kier alpha value is -5.20. The van der Waals surface area contributed by atoms with Gasteiger partial charge in [0.1, 0.15) is 24.5 Å². The zero-order valence-corrected chi connectivity index (χ0v) is 21.8. The van der Waals surface area contributed by atoms with Crippen LogP contribution in [0.2, 0.25) is 0 Å². The quantitative estimate of drug-likeness (QED) is 0.229. The van der Waals surface area contributed by atoms with Crippen molar-refractivity contribution in [1.29, 1.82) is 5.26 Å². The van der Waals surface area contributed by atoms with Gasteiger partial charge < -0.3 is 19.9 Å². The second kappa shape index (κ2) is 12.1. The zero-order valence-electron chi connectivity index (χ0n) is 21.8. The van der Waals surface area contributed by atoms with Crippen LogP contribution in [-0.2, 0) is 24.6 Å². The van der Waals surface area contributed by atoms with Crippen LogP contribution in [0.1, 0.15) is 27.8 Å². The van der Waals surface area contributed by atoms with Gasteiger partial charge in [0.05, 0.1) is 18.2 Å². The van der Waals surface area contributed by atoms with Crippen LogP contribution in [0.3, 0.4) is 0 Å². The van der Waals surface area contributed by atoms with E-state index in [1.807, 2.05) is 36.4 Å². The number of ether oxygens (including phenoxy) is 2. The number of aliphatic carboxylic acids is 1. The lowest BCUT2D eigenvalue weighted by Crippen LogP contribution is -2.22. The van der Waals surface area contributed by atoms with Gasteiger partial charge in [-0.1, -0.05) is 60.7 Å². The summed E-state index contributed by atoms with van der Waals surface area (Å²) >= 11 is 0. The van der Waals surface area contributed by atoms with Crippen molar-refractivity contribution in [3.05, 3.63) is 107 Å². The predicted molar refractivity (Wildman–Crippen MR) is 148 cm³/mol. The molecule has 0 spiro atoms. The minimum absolute atomic E-state index is 0.156. The summed E-state index contributed by atoms with van der Waals surface area (Å²) < 4.78 is 17.5. The number of carbonyl (C=O) groups is 1. The normalized spacial score (nSPS) is 10.8. The molecule has 0 saturated carbocycles. The van der Waals surface area contributed by atoms with Crippen molar-refractivity contribution >= 4 is 17.0 Å². The van der Waals surface area contributed by atoms with E-state index < -0.39 is 5.97 Å². The third-order valence-corrected chi connectivity index (χ3v) is 6.51. The third kappa shape index (κ3) is 5.93. The molecule has 0 fully saturated rings. The maximum atomic E-state index is 11.1. The van der Waals surface area contributed by atoms with Crippen LogP contribution in [0.25, 0.3) is 22.2 Å². The Morgan fingerprint density at radius 3 is 2.52 bits per heavy atom. The van der Waals surface area contributed by atoms with Crippen molar-refractivity contribution in [1.82, 2.24) is 15.6 Å². The standard InChI is InChI=1S/C31H26N4O5/c1-20-24(11-6-12-25(20)23-9-3-2-4-10-23)19-39-28-14-27(38-18-22-8-5-7-21(13-22)15-32)26(16-33-17-29(36)37)30-31(28)35-40-34-30/h2-14,33H,16-19H2,1H3,(H,36,37). The van der Waals surface area contributed by atoms with Gasteiger partial charge >= 0.3 is 5.97 Å². The van der Waals surface area contributed by atoms with E-state index in [1.54, 1.807) is 24.3 Å². The minimum atomic E-state index is -0.988. The van der Waals surface area contributed by atoms with E-state index in [1.165, 1.54) is 0 Å². The Bertz CT molecular complexity index is 1690. The number of nitrogens with one attached hydrogen (secondary N) is 1. The van der Waals surface area contributed by atoms with Gasteiger partial charge in [0.25, 0.3) is 0 Å². The van der Waals surface area contributed by atoms with E-state index in [4.69, 9.17) is 19.2 Å². The summed E-state index contributed by atoms with van der Waals surface area (Å²) in [5, 5.41) is 29.3. The molecular formula is C31H26N4O5. The van der Waals surface area contributed by atoms with E-state index in [0.29, 0.717) is 33.7 Å². The Kier molecular flexibility index (Phi) is 7.99. The average molecular weight is 535 g/mol. The van der Waals surface area contributed by atoms with Crippen molar-refractivity contribution in [2.75, 3.05) is 6.54 Å². The third-order valence-electron chi connectivity index (χ3n) is 6.51. The molecule has 0 aliphatic rings. The first kappa shape index (κ1) is 26.4. The monoisotopic (exact) mass is 534 g/mol. The molecule has 40 heavy (non-hydrogen) atoms. The number of carboxylic acids is 1. The average Bonchev–Trinajstić information content (AvgIpc) is 3.47. The summed E-state index contributed by atoms with van der Waals surface area (Å²) in [6.07, 6.45) is 0. The lowest BCUT2D eigenvalue weighted by atomic mass is 9.97. The van der Waals surface area contributed by atoms with Gasteiger partial charge in [0.2, 0.25) is 0 Å². The molecule has 0 aliphatic heterocycles. The van der Waals surface area contributed by atoms with Crippen molar-refractivity contribution in [2.24, 2.45) is 0 Å². The van der Waals surface area contributed by atoms with E-state index in [9.17, 15) is 10.1 Å². The number of hydrogen-bond acceptors (Lipinski definition) is 8. The fraction of sp³-hybridized carbons (Fsp3) is 0.161. The first-order valence-electron chi connectivity index (χ1n) is 12.6. The molecule has 0 bridgehead atoms. The van der Waals surface area contributed by atoms with Crippen LogP contribution in [0.4, 0.5) is 0 Å². The van der Waals surface area contributed by atoms with Crippen LogP contribution in [-0.4, -0.2) is 27.9 Å². The molecule has 0 amide bonds. The highest BCUT2D eigenvalue weighted by atomic mass is 16.6. The van der Waals surface area contributed by atoms with Gasteiger partial charge in [-0.3, -0.25) is 4.79 Å². The minimum Gasteiger partial charge on any atom is -0.488 e. The van der Waals surface area contributed by atoms with Gasteiger partial charge in [0, 0.05) is 18.2 Å². The lowest BCUT2D eigenvalue weighted by molar-refractivity contribution is -0.136. The molecule has 0 unspecified atom stereocenters. The highest BCUT2D eigenvalue weighted by Gasteiger charge is 2.20. The summed E-state index contributed by atoms with van der Waals surface area (Å²) in [4.78, 5) is 11.1. The number of fused-ring (bicyclic) bond motifs is 1. The maximum absolute atomic E-state index is 11.1. The second-order valence-corrected chi connectivity index (χ2v) is 9.16. The summed E-state index contributed by atoms with van der Waals surface area (Å²) in [5.41, 5.74) is 7.09. The number of benzene rings is 4. The van der Waals surface area contributed by atoms with E-state index in [0.717, 1.165) is 27.8 Å². The predicted octanol–water partition coefficient (Wildman–Crippen LogP) is 5.40. The molecule has 5 rings (SSSR count). The SMILES string of the molecule is Cc1c(COc2cc(OCc3cccc(C#N)c3)c(CNCC(=O)O)c3nonc23)cccc1-c1ccccc1. The van der Waals surface area contributed by atoms with Crippen LogP contribution >= 0.6 is 0 Å². The zero-order chi connectivity index (χ0) is 27.9. The molecule has 5 aromatic rings. The summed E-state index contributed by atoms with van der Waals surface area (Å²) in [5.74, 6) is -0.130. The lowest BCUT2D eigenvalue weighted by Gasteiger charge is -2.16. The van der Waals surface area contributed by atoms with E-state index >= 15 is 0 Å². The van der Waals surface area contributed by atoms with Gasteiger partial charge in [-0.25, -0.2) is 4.63 Å². The Morgan fingerprint density at radius 2 is 1.73 bits per heavy atom. The summed E-state index contributed by atoms with van der Waals surface area (Å²) in [7, 11) is 0. The number of nitrogens with zero attached hydrogens (tertiary/aromatic N) is 3. The molecule has 2 N–H and O–H groups in total. The van der Waals surface area contributed by atoms with Crippen LogP contribution in [0.5, 0.6) is 11.5 Å². The molecule has 9 nitrogen and oxygen atoms in total. The summed E-state index contributed by atoms with van der Waals surface area (Å²) in [6, 6.07) is 27.2. The van der Waals surface area contributed by atoms with Crippen molar-refractivity contribution in [3.63, 3.8) is 0 Å². The largest absolute Gasteiger partial charge is 0.488 e. The molecule has 1 heterocycles. The number of hydrogen-bond donors (Lipinski definition) is 2. The van der Waals surface area contributed by atoms with Gasteiger partial charge in [-0.2, -0.15) is 5.26 Å². The van der Waals surface area contributed by atoms with E-state index in [2.05, 4.69) is 46.8 Å². The van der Waals surface area contributed by atoms with Crippen molar-refractivity contribution < 1.29 is 24.0 Å². The Balaban J connectivity index is 1.45. The number of rotatable bonds is 11. The molecule has 0 aliphatic carbocycles.